The van der Waals surface area contributed by atoms with Crippen molar-refractivity contribution in [3.63, 3.8) is 0 Å². The zero-order valence-electron chi connectivity index (χ0n) is 22.6. The average Bonchev–Trinajstić information content (AvgIpc) is 3.01. The molecular weight excluding hydrogens is 480 g/mol. The summed E-state index contributed by atoms with van der Waals surface area (Å²) in [7, 11) is 3.33. The van der Waals surface area contributed by atoms with E-state index in [1.807, 2.05) is 115 Å². The number of methoxy groups -OCH3 is 2. The summed E-state index contributed by atoms with van der Waals surface area (Å²) >= 11 is 0. The monoisotopic (exact) mass is 514 g/mol. The molecule has 5 aromatic rings. The first kappa shape index (κ1) is 27.1. The Bertz CT molecular complexity index is 1390. The van der Waals surface area contributed by atoms with Crippen LogP contribution in [0, 0.1) is 6.92 Å². The van der Waals surface area contributed by atoms with Gasteiger partial charge in [-0.3, -0.25) is 0 Å². The molecule has 0 atom stereocenters. The minimum Gasteiger partial charge on any atom is -0.497 e. The normalized spacial score (nSPS) is 11.1. The molecular formula is C35H34N2O2. The van der Waals surface area contributed by atoms with E-state index in [1.165, 1.54) is 5.56 Å². The molecule has 0 fully saturated rings. The molecule has 5 aromatic carbocycles. The molecule has 0 aliphatic heterocycles. The van der Waals surface area contributed by atoms with Crippen molar-refractivity contribution in [3.8, 4) is 33.8 Å². The number of hydrogen-bond acceptors (Lipinski definition) is 4. The standard InChI is InChI=1S/C28H26N2O2.C7H8/c1-31-25-15-11-21(12-16-25)19-3-7-23(8-4-19)27(29)28(30)24-9-5-20(6-10-24)22-13-17-26(32-2)18-14-22;1-7-5-3-2-4-6-7/h3-18H,29-30H2,1-2H3;2-6H,1H3/b28-27-;. The molecule has 0 aliphatic rings. The highest BCUT2D eigenvalue weighted by Crippen LogP contribution is 2.27. The first-order valence-corrected chi connectivity index (χ1v) is 12.7. The topological polar surface area (TPSA) is 70.5 Å². The summed E-state index contributed by atoms with van der Waals surface area (Å²) in [6.07, 6.45) is 0. The number of nitrogens with two attached hydrogens (primary N) is 2. The van der Waals surface area contributed by atoms with Gasteiger partial charge in [-0.05, 0) is 64.6 Å². The van der Waals surface area contributed by atoms with Gasteiger partial charge in [-0.1, -0.05) is 109 Å². The molecule has 4 heteroatoms. The highest BCUT2D eigenvalue weighted by atomic mass is 16.5. The fourth-order valence-electron chi connectivity index (χ4n) is 4.10. The Hall–Kier alpha value is -4.96. The van der Waals surface area contributed by atoms with Gasteiger partial charge in [0.1, 0.15) is 11.5 Å². The average molecular weight is 515 g/mol. The Kier molecular flexibility index (Phi) is 9.04. The summed E-state index contributed by atoms with van der Waals surface area (Å²) in [5.41, 5.74) is 21.5. The van der Waals surface area contributed by atoms with E-state index in [2.05, 4.69) is 19.1 Å². The number of aryl methyl sites for hydroxylation is 1. The van der Waals surface area contributed by atoms with Gasteiger partial charge < -0.3 is 20.9 Å². The maximum Gasteiger partial charge on any atom is 0.118 e. The largest absolute Gasteiger partial charge is 0.497 e. The molecule has 0 heterocycles. The smallest absolute Gasteiger partial charge is 0.118 e. The van der Waals surface area contributed by atoms with Gasteiger partial charge in [0.05, 0.1) is 25.6 Å². The molecule has 0 aromatic heterocycles. The van der Waals surface area contributed by atoms with Crippen molar-refractivity contribution in [3.05, 3.63) is 144 Å². The minimum atomic E-state index is 0.559. The van der Waals surface area contributed by atoms with E-state index in [9.17, 15) is 0 Å². The molecule has 0 aliphatic carbocycles. The summed E-state index contributed by atoms with van der Waals surface area (Å²) in [5.74, 6) is 1.67. The molecule has 39 heavy (non-hydrogen) atoms. The lowest BCUT2D eigenvalue weighted by Crippen LogP contribution is -2.07. The predicted octanol–water partition coefficient (Wildman–Crippen LogP) is 7.78. The van der Waals surface area contributed by atoms with Crippen LogP contribution in [-0.4, -0.2) is 14.2 Å². The Morgan fingerprint density at radius 1 is 0.436 bits per heavy atom. The van der Waals surface area contributed by atoms with E-state index >= 15 is 0 Å². The van der Waals surface area contributed by atoms with Crippen molar-refractivity contribution in [2.24, 2.45) is 11.5 Å². The van der Waals surface area contributed by atoms with Crippen LogP contribution in [0.25, 0.3) is 33.6 Å². The van der Waals surface area contributed by atoms with Gasteiger partial charge >= 0.3 is 0 Å². The number of rotatable bonds is 6. The predicted molar refractivity (Wildman–Crippen MR) is 163 cm³/mol. The van der Waals surface area contributed by atoms with Crippen LogP contribution in [0.15, 0.2) is 127 Å². The molecule has 196 valence electrons. The molecule has 0 amide bonds. The summed E-state index contributed by atoms with van der Waals surface area (Å²) < 4.78 is 10.4. The lowest BCUT2D eigenvalue weighted by molar-refractivity contribution is 0.415. The molecule has 5 rings (SSSR count). The van der Waals surface area contributed by atoms with Crippen LogP contribution in [0.4, 0.5) is 0 Å². The van der Waals surface area contributed by atoms with Crippen LogP contribution >= 0.6 is 0 Å². The Balaban J connectivity index is 0.000000438. The zero-order chi connectivity index (χ0) is 27.6. The summed E-state index contributed by atoms with van der Waals surface area (Å²) in [6.45, 7) is 2.08. The van der Waals surface area contributed by atoms with Crippen molar-refractivity contribution in [2.45, 2.75) is 6.92 Å². The van der Waals surface area contributed by atoms with Crippen molar-refractivity contribution < 1.29 is 9.47 Å². The molecule has 0 saturated heterocycles. The van der Waals surface area contributed by atoms with E-state index < -0.39 is 0 Å². The van der Waals surface area contributed by atoms with Crippen LogP contribution in [0.5, 0.6) is 11.5 Å². The van der Waals surface area contributed by atoms with Crippen LogP contribution < -0.4 is 20.9 Å². The first-order chi connectivity index (χ1) is 19.0. The van der Waals surface area contributed by atoms with Crippen LogP contribution in [0.2, 0.25) is 0 Å². The highest BCUT2D eigenvalue weighted by Gasteiger charge is 2.07. The Morgan fingerprint density at radius 3 is 1.00 bits per heavy atom. The molecule has 0 unspecified atom stereocenters. The second-order valence-electron chi connectivity index (χ2n) is 9.09. The Labute approximate surface area is 231 Å². The van der Waals surface area contributed by atoms with E-state index in [4.69, 9.17) is 20.9 Å². The van der Waals surface area contributed by atoms with Crippen LogP contribution in [0.3, 0.4) is 0 Å². The van der Waals surface area contributed by atoms with Gasteiger partial charge in [0.2, 0.25) is 0 Å². The molecule has 0 saturated carbocycles. The fourth-order valence-corrected chi connectivity index (χ4v) is 4.10. The molecule has 0 radical (unpaired) electrons. The molecule has 4 nitrogen and oxygen atoms in total. The SMILES string of the molecule is COc1ccc(-c2ccc(/C(N)=C(/N)c3ccc(-c4ccc(OC)cc4)cc3)cc2)cc1.Cc1ccccc1. The highest BCUT2D eigenvalue weighted by molar-refractivity contribution is 5.88. The van der Waals surface area contributed by atoms with E-state index in [-0.39, 0.29) is 0 Å². The third kappa shape index (κ3) is 7.08. The Morgan fingerprint density at radius 2 is 0.744 bits per heavy atom. The van der Waals surface area contributed by atoms with Crippen molar-refractivity contribution in [2.75, 3.05) is 14.2 Å². The van der Waals surface area contributed by atoms with Crippen molar-refractivity contribution in [1.29, 1.82) is 0 Å². The first-order valence-electron chi connectivity index (χ1n) is 12.7. The number of benzene rings is 5. The maximum absolute atomic E-state index is 6.40. The van der Waals surface area contributed by atoms with E-state index in [0.717, 1.165) is 44.9 Å². The van der Waals surface area contributed by atoms with Gasteiger partial charge in [0.25, 0.3) is 0 Å². The second-order valence-corrected chi connectivity index (χ2v) is 9.09. The van der Waals surface area contributed by atoms with Gasteiger partial charge in [-0.2, -0.15) is 0 Å². The van der Waals surface area contributed by atoms with Gasteiger partial charge in [-0.15, -0.1) is 0 Å². The fraction of sp³-hybridized carbons (Fsp3) is 0.0857. The number of ether oxygens (including phenoxy) is 2. The maximum atomic E-state index is 6.40. The third-order valence-corrected chi connectivity index (χ3v) is 6.47. The summed E-state index contributed by atoms with van der Waals surface area (Å²) in [6, 6.07) is 42.4. The van der Waals surface area contributed by atoms with Crippen molar-refractivity contribution in [1.82, 2.24) is 0 Å². The van der Waals surface area contributed by atoms with E-state index in [0.29, 0.717) is 11.4 Å². The molecule has 0 bridgehead atoms. The molecule has 0 spiro atoms. The third-order valence-electron chi connectivity index (χ3n) is 6.47. The lowest BCUT2D eigenvalue weighted by Gasteiger charge is -2.11. The second kappa shape index (κ2) is 13.0. The zero-order valence-corrected chi connectivity index (χ0v) is 22.6. The quantitative estimate of drug-likeness (QED) is 0.227. The summed E-state index contributed by atoms with van der Waals surface area (Å²) in [5, 5.41) is 0. The van der Waals surface area contributed by atoms with Gasteiger partial charge in [0, 0.05) is 0 Å². The molecule has 4 N–H and O–H groups in total. The minimum absolute atomic E-state index is 0.559. The van der Waals surface area contributed by atoms with E-state index in [1.54, 1.807) is 14.2 Å². The van der Waals surface area contributed by atoms with Gasteiger partial charge in [-0.25, -0.2) is 0 Å². The van der Waals surface area contributed by atoms with Crippen molar-refractivity contribution >= 4 is 11.4 Å². The van der Waals surface area contributed by atoms with Gasteiger partial charge in [0.15, 0.2) is 0 Å². The summed E-state index contributed by atoms with van der Waals surface area (Å²) in [4.78, 5) is 0. The lowest BCUT2D eigenvalue weighted by atomic mass is 9.99. The van der Waals surface area contributed by atoms with Crippen LogP contribution in [0.1, 0.15) is 16.7 Å². The number of hydrogen-bond donors (Lipinski definition) is 2. The van der Waals surface area contributed by atoms with Crippen LogP contribution in [-0.2, 0) is 0 Å².